The topological polar surface area (TPSA) is 107 Å². The molecular formula is C25H24N4O5. The third kappa shape index (κ3) is 3.57. The molecule has 34 heavy (non-hydrogen) atoms. The van der Waals surface area contributed by atoms with Gasteiger partial charge in [0.05, 0.1) is 12.5 Å². The Kier molecular flexibility index (Phi) is 4.97. The van der Waals surface area contributed by atoms with E-state index in [4.69, 9.17) is 14.0 Å². The normalized spacial score (nSPS) is 23.6. The van der Waals surface area contributed by atoms with Gasteiger partial charge in [-0.3, -0.25) is 9.69 Å². The minimum absolute atomic E-state index is 0.0000260. The number of carbonyl (C=O) groups is 2. The summed E-state index contributed by atoms with van der Waals surface area (Å²) < 4.78 is 16.3. The van der Waals surface area contributed by atoms with Crippen LogP contribution in [0.5, 0.6) is 11.5 Å². The number of nitrogens with one attached hydrogen (secondary N) is 1. The highest BCUT2D eigenvalue weighted by molar-refractivity contribution is 5.98. The van der Waals surface area contributed by atoms with Gasteiger partial charge >= 0.3 is 6.03 Å². The number of carbonyl (C=O) groups excluding carboxylic acids is 2. The Morgan fingerprint density at radius 2 is 1.94 bits per heavy atom. The molecule has 2 aromatic carbocycles. The Morgan fingerprint density at radius 3 is 2.82 bits per heavy atom. The first-order valence-electron chi connectivity index (χ1n) is 11.5. The van der Waals surface area contributed by atoms with Crippen molar-refractivity contribution in [3.05, 3.63) is 59.5 Å². The summed E-state index contributed by atoms with van der Waals surface area (Å²) in [6, 6.07) is 12.7. The van der Waals surface area contributed by atoms with Gasteiger partial charge in [0.1, 0.15) is 0 Å². The summed E-state index contributed by atoms with van der Waals surface area (Å²) in [7, 11) is 0. The summed E-state index contributed by atoms with van der Waals surface area (Å²) >= 11 is 0. The first-order chi connectivity index (χ1) is 16.6. The van der Waals surface area contributed by atoms with Crippen LogP contribution in [0, 0.1) is 12.8 Å². The molecule has 9 heteroatoms. The molecule has 9 nitrogen and oxygen atoms in total. The van der Waals surface area contributed by atoms with Crippen LogP contribution >= 0.6 is 0 Å². The summed E-state index contributed by atoms with van der Waals surface area (Å²) in [6.07, 6.45) is 1.99. The molecule has 174 valence electrons. The number of hydrogen-bond acceptors (Lipinski definition) is 7. The van der Waals surface area contributed by atoms with Gasteiger partial charge in [-0.25, -0.2) is 4.79 Å². The minimum Gasteiger partial charge on any atom is -0.454 e. The van der Waals surface area contributed by atoms with E-state index in [1.54, 1.807) is 6.07 Å². The number of benzene rings is 2. The fraction of sp³-hybridized carbons (Fsp3) is 0.360. The predicted octanol–water partition coefficient (Wildman–Crippen LogP) is 3.78. The number of rotatable bonds is 4. The molecule has 0 bridgehead atoms. The molecule has 0 radical (unpaired) electrons. The van der Waals surface area contributed by atoms with Crippen molar-refractivity contribution >= 4 is 11.9 Å². The van der Waals surface area contributed by atoms with Crippen molar-refractivity contribution in [3.8, 4) is 22.9 Å². The second kappa shape index (κ2) is 8.16. The molecule has 2 fully saturated rings. The third-order valence-electron chi connectivity index (χ3n) is 6.94. The second-order valence-electron chi connectivity index (χ2n) is 9.06. The first-order valence-corrected chi connectivity index (χ1v) is 11.5. The Labute approximate surface area is 196 Å². The molecule has 3 unspecified atom stereocenters. The molecular weight excluding hydrogens is 436 g/mol. The fourth-order valence-electron chi connectivity index (χ4n) is 5.09. The van der Waals surface area contributed by atoms with E-state index in [-0.39, 0.29) is 43.2 Å². The minimum atomic E-state index is -0.379. The zero-order valence-electron chi connectivity index (χ0n) is 18.7. The Hall–Kier alpha value is -3.88. The summed E-state index contributed by atoms with van der Waals surface area (Å²) in [6.45, 7) is 2.38. The maximum absolute atomic E-state index is 13.2. The maximum Gasteiger partial charge on any atom is 0.324 e. The highest BCUT2D eigenvalue weighted by Crippen LogP contribution is 2.39. The number of hydrogen-bond donors (Lipinski definition) is 1. The number of aromatic nitrogens is 2. The fourth-order valence-corrected chi connectivity index (χ4v) is 5.09. The van der Waals surface area contributed by atoms with E-state index in [1.165, 1.54) is 4.90 Å². The molecule has 1 aliphatic carbocycles. The monoisotopic (exact) mass is 460 g/mol. The lowest BCUT2D eigenvalue weighted by Crippen LogP contribution is -2.60. The lowest BCUT2D eigenvalue weighted by Gasteiger charge is -2.41. The van der Waals surface area contributed by atoms with Crippen LogP contribution in [0.15, 0.2) is 47.0 Å². The largest absolute Gasteiger partial charge is 0.454 e. The van der Waals surface area contributed by atoms with E-state index in [1.807, 2.05) is 43.3 Å². The molecule has 0 spiro atoms. The Morgan fingerprint density at radius 1 is 1.09 bits per heavy atom. The lowest BCUT2D eigenvalue weighted by atomic mass is 9.76. The van der Waals surface area contributed by atoms with Gasteiger partial charge in [0.2, 0.25) is 24.4 Å². The number of imide groups is 1. The highest BCUT2D eigenvalue weighted by Gasteiger charge is 2.45. The van der Waals surface area contributed by atoms with Crippen LogP contribution in [-0.2, 0) is 11.3 Å². The van der Waals surface area contributed by atoms with E-state index in [2.05, 4.69) is 15.5 Å². The van der Waals surface area contributed by atoms with Crippen LogP contribution in [0.4, 0.5) is 4.79 Å². The number of ether oxygens (including phenoxy) is 2. The number of amides is 3. The van der Waals surface area contributed by atoms with E-state index in [0.717, 1.165) is 23.1 Å². The zero-order valence-corrected chi connectivity index (χ0v) is 18.7. The number of aryl methyl sites for hydroxylation is 1. The molecule has 3 aliphatic rings. The standard InChI is InChI=1S/C25H24N4O5/c1-14-4-2-3-5-17(14)22-27-23(34-28-22)16-7-8-18-19(11-16)26-25(31)29(24(18)30)12-15-6-9-20-21(10-15)33-13-32-20/h2-6,9-10,16,18-19H,7-8,11-13H2,1H3,(H,26,31). The molecule has 3 atom stereocenters. The van der Waals surface area contributed by atoms with Crippen molar-refractivity contribution < 1.29 is 23.6 Å². The second-order valence-corrected chi connectivity index (χ2v) is 9.06. The average molecular weight is 460 g/mol. The molecule has 3 aromatic rings. The zero-order chi connectivity index (χ0) is 23.2. The van der Waals surface area contributed by atoms with Gasteiger partial charge in [-0.1, -0.05) is 35.5 Å². The predicted molar refractivity (Wildman–Crippen MR) is 120 cm³/mol. The molecule has 2 aliphatic heterocycles. The molecule has 1 saturated heterocycles. The molecule has 6 rings (SSSR count). The summed E-state index contributed by atoms with van der Waals surface area (Å²) in [4.78, 5) is 32.0. The highest BCUT2D eigenvalue weighted by atomic mass is 16.7. The van der Waals surface area contributed by atoms with Crippen LogP contribution in [-0.4, -0.2) is 39.8 Å². The van der Waals surface area contributed by atoms with Crippen molar-refractivity contribution in [3.63, 3.8) is 0 Å². The van der Waals surface area contributed by atoms with Crippen molar-refractivity contribution in [1.82, 2.24) is 20.4 Å². The van der Waals surface area contributed by atoms with Crippen LogP contribution in [0.25, 0.3) is 11.4 Å². The maximum atomic E-state index is 13.2. The Balaban J connectivity index is 1.15. The van der Waals surface area contributed by atoms with Gasteiger partial charge in [0.25, 0.3) is 0 Å². The molecule has 3 amide bonds. The van der Waals surface area contributed by atoms with Crippen LogP contribution in [0.1, 0.15) is 42.2 Å². The van der Waals surface area contributed by atoms with Gasteiger partial charge < -0.3 is 19.3 Å². The molecule has 3 heterocycles. The van der Waals surface area contributed by atoms with Gasteiger partial charge in [-0.2, -0.15) is 4.98 Å². The van der Waals surface area contributed by atoms with Crippen LogP contribution in [0.2, 0.25) is 0 Å². The Bertz CT molecular complexity index is 1270. The van der Waals surface area contributed by atoms with E-state index in [9.17, 15) is 9.59 Å². The van der Waals surface area contributed by atoms with Gasteiger partial charge in [0, 0.05) is 17.5 Å². The quantitative estimate of drug-likeness (QED) is 0.631. The SMILES string of the molecule is Cc1ccccc1-c1noc(C2CCC3C(=O)N(Cc4ccc5c(c4)OCO5)C(=O)NC3C2)n1. The van der Waals surface area contributed by atoms with Gasteiger partial charge in [0.15, 0.2) is 11.5 Å². The van der Waals surface area contributed by atoms with Crippen molar-refractivity contribution in [2.75, 3.05) is 6.79 Å². The molecule has 1 aromatic heterocycles. The molecule has 1 saturated carbocycles. The molecule has 1 N–H and O–H groups in total. The van der Waals surface area contributed by atoms with E-state index in [0.29, 0.717) is 36.1 Å². The van der Waals surface area contributed by atoms with Crippen molar-refractivity contribution in [2.24, 2.45) is 5.92 Å². The summed E-state index contributed by atoms with van der Waals surface area (Å²) in [5.74, 6) is 2.02. The van der Waals surface area contributed by atoms with Gasteiger partial charge in [-0.05, 0) is 49.4 Å². The van der Waals surface area contributed by atoms with Crippen LogP contribution < -0.4 is 14.8 Å². The van der Waals surface area contributed by atoms with E-state index < -0.39 is 0 Å². The first kappa shape index (κ1) is 20.7. The third-order valence-corrected chi connectivity index (χ3v) is 6.94. The van der Waals surface area contributed by atoms with E-state index >= 15 is 0 Å². The number of urea groups is 1. The summed E-state index contributed by atoms with van der Waals surface area (Å²) in [5, 5.41) is 7.21. The summed E-state index contributed by atoms with van der Waals surface area (Å²) in [5.41, 5.74) is 2.83. The van der Waals surface area contributed by atoms with Crippen molar-refractivity contribution in [2.45, 2.75) is 44.7 Å². The lowest BCUT2D eigenvalue weighted by molar-refractivity contribution is -0.137. The smallest absolute Gasteiger partial charge is 0.324 e. The van der Waals surface area contributed by atoms with Crippen molar-refractivity contribution in [1.29, 1.82) is 0 Å². The number of fused-ring (bicyclic) bond motifs is 2. The van der Waals surface area contributed by atoms with Gasteiger partial charge in [-0.15, -0.1) is 0 Å². The number of nitrogens with zero attached hydrogens (tertiary/aromatic N) is 3. The average Bonchev–Trinajstić information content (AvgIpc) is 3.51. The van der Waals surface area contributed by atoms with Crippen LogP contribution in [0.3, 0.4) is 0 Å².